The number of nitrogens with zero attached hydrogens (tertiary/aromatic N) is 1. The van der Waals surface area contributed by atoms with Crippen molar-refractivity contribution >= 4 is 17.4 Å². The minimum atomic E-state index is -0.931. The zero-order chi connectivity index (χ0) is 21.0. The molecule has 5 heteroatoms. The Morgan fingerprint density at radius 3 is 2.38 bits per heavy atom. The van der Waals surface area contributed by atoms with Gasteiger partial charge in [-0.05, 0) is 19.4 Å². The number of aliphatic hydroxyl groups is 1. The Morgan fingerprint density at radius 2 is 1.72 bits per heavy atom. The Kier molecular flexibility index (Phi) is 6.47. The lowest BCUT2D eigenvalue weighted by Gasteiger charge is -2.25. The van der Waals surface area contributed by atoms with Crippen LogP contribution < -0.4 is 0 Å². The quantitative estimate of drug-likeness (QED) is 0.306. The number of carbonyl (C=O) groups excluding carboxylic acids is 2. The highest BCUT2D eigenvalue weighted by atomic mass is 19.1. The molecule has 1 atom stereocenters. The minimum Gasteiger partial charge on any atom is -0.507 e. The number of aliphatic hydroxyl groups excluding tert-OH is 1. The van der Waals surface area contributed by atoms with Crippen LogP contribution in [0, 0.1) is 12.7 Å². The van der Waals surface area contributed by atoms with E-state index in [0.717, 1.165) is 31.2 Å². The molecule has 2 aromatic rings. The largest absolute Gasteiger partial charge is 0.507 e. The molecule has 2 aromatic carbocycles. The second-order valence-corrected chi connectivity index (χ2v) is 7.44. The maximum atomic E-state index is 14.7. The first-order valence-electron chi connectivity index (χ1n) is 10.1. The highest BCUT2D eigenvalue weighted by Crippen LogP contribution is 2.40. The van der Waals surface area contributed by atoms with E-state index < -0.39 is 23.5 Å². The number of halogens is 1. The summed E-state index contributed by atoms with van der Waals surface area (Å²) >= 11 is 0. The summed E-state index contributed by atoms with van der Waals surface area (Å²) < 4.78 is 14.7. The van der Waals surface area contributed by atoms with Gasteiger partial charge in [0.15, 0.2) is 0 Å². The third-order valence-corrected chi connectivity index (χ3v) is 5.32. The normalized spacial score (nSPS) is 18.4. The molecular weight excluding hydrogens is 369 g/mol. The van der Waals surface area contributed by atoms with Crippen LogP contribution >= 0.6 is 0 Å². The smallest absolute Gasteiger partial charge is 0.295 e. The van der Waals surface area contributed by atoms with Gasteiger partial charge in [0.1, 0.15) is 11.6 Å². The van der Waals surface area contributed by atoms with Gasteiger partial charge in [-0.3, -0.25) is 9.59 Å². The summed E-state index contributed by atoms with van der Waals surface area (Å²) in [7, 11) is 0. The Balaban J connectivity index is 2.08. The molecule has 1 saturated heterocycles. The first-order chi connectivity index (χ1) is 14.0. The van der Waals surface area contributed by atoms with Crippen LogP contribution in [0.2, 0.25) is 0 Å². The fourth-order valence-electron chi connectivity index (χ4n) is 3.71. The van der Waals surface area contributed by atoms with Gasteiger partial charge in [0.25, 0.3) is 11.7 Å². The molecule has 152 valence electrons. The summed E-state index contributed by atoms with van der Waals surface area (Å²) in [5.41, 5.74) is 1.60. The van der Waals surface area contributed by atoms with Crippen molar-refractivity contribution in [2.45, 2.75) is 45.6 Å². The average Bonchev–Trinajstić information content (AvgIpc) is 2.96. The summed E-state index contributed by atoms with van der Waals surface area (Å²) in [6.07, 6.45) is 3.71. The minimum absolute atomic E-state index is 0.0561. The average molecular weight is 395 g/mol. The molecule has 3 rings (SSSR count). The summed E-state index contributed by atoms with van der Waals surface area (Å²) in [4.78, 5) is 27.0. The SMILES string of the molecule is CCCCCCN1C(=O)C(=O)/C(=C(/O)c2ccc(C)cc2)[C@@H]1c1ccccc1F. The van der Waals surface area contributed by atoms with Crippen LogP contribution in [0.5, 0.6) is 0 Å². The highest BCUT2D eigenvalue weighted by molar-refractivity contribution is 6.46. The van der Waals surface area contributed by atoms with Crippen LogP contribution in [-0.4, -0.2) is 28.2 Å². The Hall–Kier alpha value is -2.95. The number of Topliss-reactive ketones (excluding diaryl/α,β-unsaturated/α-hetero) is 1. The van der Waals surface area contributed by atoms with Crippen molar-refractivity contribution in [2.24, 2.45) is 0 Å². The Bertz CT molecular complexity index is 933. The molecule has 1 heterocycles. The number of carbonyl (C=O) groups is 2. The van der Waals surface area contributed by atoms with Gasteiger partial charge in [-0.25, -0.2) is 4.39 Å². The topological polar surface area (TPSA) is 57.6 Å². The maximum absolute atomic E-state index is 14.7. The number of ketones is 1. The van der Waals surface area contributed by atoms with Gasteiger partial charge in [-0.15, -0.1) is 0 Å². The highest BCUT2D eigenvalue weighted by Gasteiger charge is 2.46. The van der Waals surface area contributed by atoms with Crippen molar-refractivity contribution in [2.75, 3.05) is 6.54 Å². The second-order valence-electron chi connectivity index (χ2n) is 7.44. The molecule has 0 aliphatic carbocycles. The van der Waals surface area contributed by atoms with Crippen molar-refractivity contribution in [1.29, 1.82) is 0 Å². The molecule has 0 bridgehead atoms. The molecule has 1 N–H and O–H groups in total. The first kappa shape index (κ1) is 20.8. The lowest BCUT2D eigenvalue weighted by molar-refractivity contribution is -0.140. The van der Waals surface area contributed by atoms with Gasteiger partial charge in [-0.1, -0.05) is 74.2 Å². The van der Waals surface area contributed by atoms with Gasteiger partial charge >= 0.3 is 0 Å². The van der Waals surface area contributed by atoms with Crippen LogP contribution in [0.4, 0.5) is 4.39 Å². The van der Waals surface area contributed by atoms with Crippen molar-refractivity contribution in [3.05, 3.63) is 76.6 Å². The standard InChI is InChI=1S/C24H26FNO3/c1-3-4-5-8-15-26-21(18-9-6-7-10-19(18)25)20(23(28)24(26)29)22(27)17-13-11-16(2)12-14-17/h6-7,9-14,21,27H,3-5,8,15H2,1-2H3/b22-20+/t21-/m0/s1. The third-order valence-electron chi connectivity index (χ3n) is 5.32. The van der Waals surface area contributed by atoms with Gasteiger partial charge < -0.3 is 10.0 Å². The predicted octanol–water partition coefficient (Wildman–Crippen LogP) is 5.14. The van der Waals surface area contributed by atoms with E-state index in [1.807, 2.05) is 19.1 Å². The molecule has 1 amide bonds. The monoisotopic (exact) mass is 395 g/mol. The number of amides is 1. The van der Waals surface area contributed by atoms with E-state index in [0.29, 0.717) is 12.1 Å². The van der Waals surface area contributed by atoms with E-state index >= 15 is 0 Å². The summed E-state index contributed by atoms with van der Waals surface area (Å²) in [5.74, 6) is -2.24. The van der Waals surface area contributed by atoms with Crippen LogP contribution in [0.3, 0.4) is 0 Å². The molecular formula is C24H26FNO3. The van der Waals surface area contributed by atoms with Crippen LogP contribution in [-0.2, 0) is 9.59 Å². The van der Waals surface area contributed by atoms with Crippen molar-refractivity contribution in [3.63, 3.8) is 0 Å². The fraction of sp³-hybridized carbons (Fsp3) is 0.333. The van der Waals surface area contributed by atoms with Gasteiger partial charge in [0.2, 0.25) is 0 Å². The van der Waals surface area contributed by atoms with Crippen molar-refractivity contribution in [1.82, 2.24) is 4.90 Å². The molecule has 0 radical (unpaired) electrons. The third kappa shape index (κ3) is 4.24. The molecule has 29 heavy (non-hydrogen) atoms. The van der Waals surface area contributed by atoms with E-state index in [2.05, 4.69) is 6.92 Å². The van der Waals surface area contributed by atoms with Crippen molar-refractivity contribution in [3.8, 4) is 0 Å². The van der Waals surface area contributed by atoms with Gasteiger partial charge in [-0.2, -0.15) is 0 Å². The summed E-state index contributed by atoms with van der Waals surface area (Å²) in [5, 5.41) is 10.9. The van der Waals surface area contributed by atoms with Crippen LogP contribution in [0.25, 0.3) is 5.76 Å². The number of likely N-dealkylation sites (tertiary alicyclic amines) is 1. The lowest BCUT2D eigenvalue weighted by atomic mass is 9.94. The molecule has 0 saturated carbocycles. The van der Waals surface area contributed by atoms with E-state index in [1.54, 1.807) is 30.3 Å². The van der Waals surface area contributed by atoms with Gasteiger partial charge in [0, 0.05) is 17.7 Å². The van der Waals surface area contributed by atoms with E-state index in [-0.39, 0.29) is 16.9 Å². The number of rotatable bonds is 7. The molecule has 1 fully saturated rings. The fourth-order valence-corrected chi connectivity index (χ4v) is 3.71. The number of aryl methyl sites for hydroxylation is 1. The van der Waals surface area contributed by atoms with Crippen LogP contribution in [0.15, 0.2) is 54.1 Å². The molecule has 0 aromatic heterocycles. The maximum Gasteiger partial charge on any atom is 0.295 e. The summed E-state index contributed by atoms with van der Waals surface area (Å²) in [6, 6.07) is 12.2. The molecule has 1 aliphatic rings. The Labute approximate surface area is 170 Å². The summed E-state index contributed by atoms with van der Waals surface area (Å²) in [6.45, 7) is 4.35. The zero-order valence-electron chi connectivity index (χ0n) is 16.8. The van der Waals surface area contributed by atoms with Crippen molar-refractivity contribution < 1.29 is 19.1 Å². The molecule has 1 aliphatic heterocycles. The van der Waals surface area contributed by atoms with E-state index in [1.165, 1.54) is 11.0 Å². The number of unbranched alkanes of at least 4 members (excludes halogenated alkanes) is 3. The number of benzene rings is 2. The molecule has 0 spiro atoms. The van der Waals surface area contributed by atoms with Gasteiger partial charge in [0.05, 0.1) is 11.6 Å². The zero-order valence-corrected chi connectivity index (χ0v) is 16.8. The number of hydrogen-bond donors (Lipinski definition) is 1. The second kappa shape index (κ2) is 9.03. The lowest BCUT2D eigenvalue weighted by Crippen LogP contribution is -2.31. The molecule has 0 unspecified atom stereocenters. The predicted molar refractivity (Wildman–Crippen MR) is 111 cm³/mol. The molecule has 4 nitrogen and oxygen atoms in total. The van der Waals surface area contributed by atoms with E-state index in [4.69, 9.17) is 0 Å². The first-order valence-corrected chi connectivity index (χ1v) is 10.1. The Morgan fingerprint density at radius 1 is 1.03 bits per heavy atom. The number of hydrogen-bond acceptors (Lipinski definition) is 3. The van der Waals surface area contributed by atoms with Crippen LogP contribution in [0.1, 0.15) is 55.3 Å². The van der Waals surface area contributed by atoms with E-state index in [9.17, 15) is 19.1 Å².